The van der Waals surface area contributed by atoms with Crippen molar-refractivity contribution in [1.82, 2.24) is 5.32 Å². The van der Waals surface area contributed by atoms with E-state index in [1.54, 1.807) is 0 Å². The van der Waals surface area contributed by atoms with Crippen LogP contribution in [0.1, 0.15) is 48.8 Å². The Balaban J connectivity index is 1.68. The standard InChI is InChI=1S/C18H25NO/c1-12-5-3-6-14(13(12)2)11-18(20)15-9-16-7-4-8-17(10-15)19-16/h3,5-6,15-17,19H,4,7-11H2,1-2H3. The number of carbonyl (C=O) groups is 1. The van der Waals surface area contributed by atoms with Crippen LogP contribution < -0.4 is 5.32 Å². The van der Waals surface area contributed by atoms with Gasteiger partial charge in [0.15, 0.2) is 0 Å². The molecule has 0 aliphatic carbocycles. The van der Waals surface area contributed by atoms with Crippen molar-refractivity contribution < 1.29 is 4.79 Å². The third kappa shape index (κ3) is 2.80. The van der Waals surface area contributed by atoms with Crippen molar-refractivity contribution in [3.63, 3.8) is 0 Å². The summed E-state index contributed by atoms with van der Waals surface area (Å²) >= 11 is 0. The zero-order chi connectivity index (χ0) is 14.1. The molecule has 0 radical (unpaired) electrons. The predicted molar refractivity (Wildman–Crippen MR) is 81.9 cm³/mol. The van der Waals surface area contributed by atoms with E-state index in [0.717, 1.165) is 12.8 Å². The van der Waals surface area contributed by atoms with Gasteiger partial charge in [-0.2, -0.15) is 0 Å². The molecular formula is C18H25NO. The second-order valence-electron chi connectivity index (χ2n) is 6.66. The number of rotatable bonds is 3. The highest BCUT2D eigenvalue weighted by atomic mass is 16.1. The molecule has 1 aromatic carbocycles. The van der Waals surface area contributed by atoms with Crippen molar-refractivity contribution in [3.05, 3.63) is 34.9 Å². The molecule has 1 aromatic rings. The van der Waals surface area contributed by atoms with Crippen LogP contribution in [0.25, 0.3) is 0 Å². The fourth-order valence-electron chi connectivity index (χ4n) is 3.86. The first-order valence-corrected chi connectivity index (χ1v) is 7.97. The monoisotopic (exact) mass is 271 g/mol. The number of piperidine rings is 2. The molecule has 2 heteroatoms. The zero-order valence-corrected chi connectivity index (χ0v) is 12.6. The van der Waals surface area contributed by atoms with Gasteiger partial charge in [-0.3, -0.25) is 4.79 Å². The molecule has 2 heterocycles. The molecule has 3 rings (SSSR count). The zero-order valence-electron chi connectivity index (χ0n) is 12.6. The van der Waals surface area contributed by atoms with E-state index in [9.17, 15) is 4.79 Å². The van der Waals surface area contributed by atoms with Crippen LogP contribution in [0.2, 0.25) is 0 Å². The summed E-state index contributed by atoms with van der Waals surface area (Å²) < 4.78 is 0. The van der Waals surface area contributed by atoms with Crippen LogP contribution in [0.3, 0.4) is 0 Å². The van der Waals surface area contributed by atoms with E-state index in [2.05, 4.69) is 37.4 Å². The first-order valence-electron chi connectivity index (χ1n) is 7.97. The normalized spacial score (nSPS) is 29.2. The van der Waals surface area contributed by atoms with Crippen molar-refractivity contribution >= 4 is 5.78 Å². The molecule has 2 aliphatic rings. The van der Waals surface area contributed by atoms with E-state index in [-0.39, 0.29) is 5.92 Å². The smallest absolute Gasteiger partial charge is 0.140 e. The number of ketones is 1. The highest BCUT2D eigenvalue weighted by Crippen LogP contribution is 2.31. The van der Waals surface area contributed by atoms with Gasteiger partial charge in [0, 0.05) is 24.4 Å². The minimum atomic E-state index is 0.284. The van der Waals surface area contributed by atoms with Crippen molar-refractivity contribution in [2.24, 2.45) is 5.92 Å². The molecule has 2 unspecified atom stereocenters. The fourth-order valence-corrected chi connectivity index (χ4v) is 3.86. The van der Waals surface area contributed by atoms with Gasteiger partial charge in [0.25, 0.3) is 0 Å². The van der Waals surface area contributed by atoms with Crippen LogP contribution in [0, 0.1) is 19.8 Å². The Morgan fingerprint density at radius 2 is 1.90 bits per heavy atom. The molecule has 2 nitrogen and oxygen atoms in total. The van der Waals surface area contributed by atoms with E-state index >= 15 is 0 Å². The number of carbonyl (C=O) groups excluding carboxylic acids is 1. The summed E-state index contributed by atoms with van der Waals surface area (Å²) in [6.45, 7) is 4.26. The SMILES string of the molecule is Cc1cccc(CC(=O)C2CC3CCCC(C2)N3)c1C. The van der Waals surface area contributed by atoms with Crippen molar-refractivity contribution in [1.29, 1.82) is 0 Å². The number of Topliss-reactive ketones (excluding diaryl/α,β-unsaturated/α-hetero) is 1. The molecule has 108 valence electrons. The summed E-state index contributed by atoms with van der Waals surface area (Å²) in [5, 5.41) is 3.67. The lowest BCUT2D eigenvalue weighted by Gasteiger charge is -2.39. The van der Waals surface area contributed by atoms with E-state index in [0.29, 0.717) is 24.3 Å². The molecule has 20 heavy (non-hydrogen) atoms. The average Bonchev–Trinajstić information content (AvgIpc) is 2.43. The maximum absolute atomic E-state index is 12.6. The maximum Gasteiger partial charge on any atom is 0.140 e. The van der Waals surface area contributed by atoms with Crippen LogP contribution in [-0.4, -0.2) is 17.9 Å². The van der Waals surface area contributed by atoms with Crippen LogP contribution in [0.15, 0.2) is 18.2 Å². The van der Waals surface area contributed by atoms with E-state index in [1.165, 1.54) is 36.0 Å². The molecule has 0 saturated carbocycles. The first-order chi connectivity index (χ1) is 9.63. The lowest BCUT2D eigenvalue weighted by Crippen LogP contribution is -2.50. The molecule has 0 spiro atoms. The van der Waals surface area contributed by atoms with Crippen molar-refractivity contribution in [3.8, 4) is 0 Å². The van der Waals surface area contributed by atoms with Gasteiger partial charge in [0.1, 0.15) is 5.78 Å². The van der Waals surface area contributed by atoms with Crippen LogP contribution >= 0.6 is 0 Å². The highest BCUT2D eigenvalue weighted by Gasteiger charge is 2.34. The largest absolute Gasteiger partial charge is 0.311 e. The molecule has 2 fully saturated rings. The molecule has 2 bridgehead atoms. The molecule has 0 amide bonds. The van der Waals surface area contributed by atoms with Gasteiger partial charge in [0.05, 0.1) is 0 Å². The Morgan fingerprint density at radius 1 is 1.20 bits per heavy atom. The summed E-state index contributed by atoms with van der Waals surface area (Å²) in [7, 11) is 0. The Hall–Kier alpha value is -1.15. The summed E-state index contributed by atoms with van der Waals surface area (Å²) in [6, 6.07) is 7.49. The topological polar surface area (TPSA) is 29.1 Å². The molecule has 0 aromatic heterocycles. The van der Waals surface area contributed by atoms with Crippen LogP contribution in [0.4, 0.5) is 0 Å². The number of hydrogen-bond donors (Lipinski definition) is 1. The third-order valence-electron chi connectivity index (χ3n) is 5.25. The lowest BCUT2D eigenvalue weighted by atomic mass is 9.77. The van der Waals surface area contributed by atoms with Gasteiger partial charge >= 0.3 is 0 Å². The van der Waals surface area contributed by atoms with E-state index in [4.69, 9.17) is 0 Å². The second-order valence-corrected chi connectivity index (χ2v) is 6.66. The van der Waals surface area contributed by atoms with Gasteiger partial charge in [-0.15, -0.1) is 0 Å². The van der Waals surface area contributed by atoms with Gasteiger partial charge in [-0.05, 0) is 56.2 Å². The van der Waals surface area contributed by atoms with Crippen molar-refractivity contribution in [2.75, 3.05) is 0 Å². The van der Waals surface area contributed by atoms with Crippen LogP contribution in [0.5, 0.6) is 0 Å². The summed E-state index contributed by atoms with van der Waals surface area (Å²) in [5.41, 5.74) is 3.80. The minimum Gasteiger partial charge on any atom is -0.311 e. The quantitative estimate of drug-likeness (QED) is 0.913. The third-order valence-corrected chi connectivity index (χ3v) is 5.25. The molecule has 2 aliphatic heterocycles. The van der Waals surface area contributed by atoms with Gasteiger partial charge in [0.2, 0.25) is 0 Å². The average molecular weight is 271 g/mol. The Bertz CT molecular complexity index is 496. The number of fused-ring (bicyclic) bond motifs is 2. The minimum absolute atomic E-state index is 0.284. The number of nitrogens with one attached hydrogen (secondary N) is 1. The number of hydrogen-bond acceptors (Lipinski definition) is 2. The first kappa shape index (κ1) is 13.8. The predicted octanol–water partition coefficient (Wildman–Crippen LogP) is 3.34. The Morgan fingerprint density at radius 3 is 2.60 bits per heavy atom. The number of aryl methyl sites for hydroxylation is 1. The Labute approximate surface area is 122 Å². The summed E-state index contributed by atoms with van der Waals surface area (Å²) in [6.07, 6.45) is 6.58. The van der Waals surface area contributed by atoms with Crippen LogP contribution in [-0.2, 0) is 11.2 Å². The van der Waals surface area contributed by atoms with Gasteiger partial charge in [-0.1, -0.05) is 24.6 Å². The molecule has 2 atom stereocenters. The highest BCUT2D eigenvalue weighted by molar-refractivity contribution is 5.83. The second kappa shape index (κ2) is 5.69. The van der Waals surface area contributed by atoms with Gasteiger partial charge < -0.3 is 5.32 Å². The van der Waals surface area contributed by atoms with E-state index < -0.39 is 0 Å². The van der Waals surface area contributed by atoms with Gasteiger partial charge in [-0.25, -0.2) is 0 Å². The summed E-state index contributed by atoms with van der Waals surface area (Å²) in [4.78, 5) is 12.6. The summed E-state index contributed by atoms with van der Waals surface area (Å²) in [5.74, 6) is 0.739. The molecule has 2 saturated heterocycles. The fraction of sp³-hybridized carbons (Fsp3) is 0.611. The number of benzene rings is 1. The molecule has 1 N–H and O–H groups in total. The Kier molecular flexibility index (Phi) is 3.93. The van der Waals surface area contributed by atoms with E-state index in [1.807, 2.05) is 0 Å². The lowest BCUT2D eigenvalue weighted by molar-refractivity contribution is -0.124. The van der Waals surface area contributed by atoms with Crippen molar-refractivity contribution in [2.45, 2.75) is 64.5 Å². The maximum atomic E-state index is 12.6. The molecular weight excluding hydrogens is 246 g/mol.